The third-order valence-corrected chi connectivity index (χ3v) is 3.08. The Hall–Kier alpha value is -0.529. The second kappa shape index (κ2) is 10.2. The largest absolute Gasteiger partial charge is 2.00 e. The first kappa shape index (κ1) is 22.7. The molecule has 21 heavy (non-hydrogen) atoms. The third-order valence-electron chi connectivity index (χ3n) is 3.08. The summed E-state index contributed by atoms with van der Waals surface area (Å²) < 4.78 is 0. The Kier molecular flexibility index (Phi) is 11.1. The van der Waals surface area contributed by atoms with E-state index in [-0.39, 0.29) is 48.9 Å². The molecule has 0 aliphatic carbocycles. The number of allylic oxidation sites excluding steroid dienone is 4. The molecule has 0 fully saturated rings. The van der Waals surface area contributed by atoms with Crippen molar-refractivity contribution in [3.8, 4) is 0 Å². The van der Waals surface area contributed by atoms with E-state index in [0.29, 0.717) is 0 Å². The summed E-state index contributed by atoms with van der Waals surface area (Å²) in [5, 5.41) is 23.5. The molecule has 0 saturated carbocycles. The second-order valence-electron chi connectivity index (χ2n) is 4.31. The number of carboxylic acids is 2. The number of carboxylic acid groups (broad SMARTS) is 2. The molecule has 0 bridgehead atoms. The molecule has 0 atom stereocenters. The van der Waals surface area contributed by atoms with Crippen LogP contribution in [0.2, 0.25) is 0 Å². The van der Waals surface area contributed by atoms with E-state index in [1.165, 1.54) is 48.6 Å². The Morgan fingerprint density at radius 3 is 0.952 bits per heavy atom. The van der Waals surface area contributed by atoms with Crippen LogP contribution in [0.5, 0.6) is 0 Å². The van der Waals surface area contributed by atoms with Gasteiger partial charge in [-0.25, -0.2) is 0 Å². The van der Waals surface area contributed by atoms with E-state index in [1.807, 2.05) is 0 Å². The summed E-state index contributed by atoms with van der Waals surface area (Å²) in [6.45, 7) is 6.47. The zero-order valence-electron chi connectivity index (χ0n) is 13.0. The average Bonchev–Trinajstić information content (AvgIpc) is 2.37. The Balaban J connectivity index is 0. The minimum absolute atomic E-state index is 0. The van der Waals surface area contributed by atoms with Crippen LogP contribution >= 0.6 is 0 Å². The molecule has 4 nitrogen and oxygen atoms in total. The van der Waals surface area contributed by atoms with E-state index in [2.05, 4.69) is 0 Å². The van der Waals surface area contributed by atoms with Gasteiger partial charge in [-0.2, -0.15) is 0 Å². The van der Waals surface area contributed by atoms with Crippen LogP contribution in [0.4, 0.5) is 0 Å². The van der Waals surface area contributed by atoms with Gasteiger partial charge in [0.15, 0.2) is 0 Å². The predicted octanol–water partition coefficient (Wildman–Crippen LogP) is 0.383. The molecular formula is C16H20BaO4. The van der Waals surface area contributed by atoms with Gasteiger partial charge in [-0.15, -0.1) is 0 Å². The van der Waals surface area contributed by atoms with Crippen LogP contribution in [-0.4, -0.2) is 60.8 Å². The summed E-state index contributed by atoms with van der Waals surface area (Å²) in [7, 11) is 0. The van der Waals surface area contributed by atoms with E-state index in [9.17, 15) is 19.8 Å². The summed E-state index contributed by atoms with van der Waals surface area (Å²) in [5.41, 5.74) is -3.71. The molecule has 0 saturated heterocycles. The summed E-state index contributed by atoms with van der Waals surface area (Å²) in [4.78, 5) is 23.5. The van der Waals surface area contributed by atoms with Crippen molar-refractivity contribution < 1.29 is 19.8 Å². The quantitative estimate of drug-likeness (QED) is 0.446. The summed E-state index contributed by atoms with van der Waals surface area (Å²) in [6, 6.07) is 0. The maximum atomic E-state index is 11.7. The van der Waals surface area contributed by atoms with Crippen molar-refractivity contribution >= 4 is 60.8 Å². The van der Waals surface area contributed by atoms with Crippen molar-refractivity contribution in [2.45, 2.75) is 27.7 Å². The fourth-order valence-electron chi connectivity index (χ4n) is 2.32. The Morgan fingerprint density at radius 2 is 0.857 bits per heavy atom. The zero-order chi connectivity index (χ0) is 15.8. The number of carbonyl (C=O) groups is 2. The minimum atomic E-state index is -1.85. The van der Waals surface area contributed by atoms with Crippen LogP contribution in [-0.2, 0) is 9.59 Å². The molecule has 0 aromatic heterocycles. The van der Waals surface area contributed by atoms with Crippen molar-refractivity contribution in [2.24, 2.45) is 10.8 Å². The maximum absolute atomic E-state index is 11.7. The molecule has 0 N–H and O–H groups in total. The van der Waals surface area contributed by atoms with Crippen LogP contribution in [0.25, 0.3) is 0 Å². The number of rotatable bonds is 7. The minimum Gasteiger partial charge on any atom is -0.549 e. The standard InChI is InChI=1S/C16H22O4.Ba/c1-5-9-15(10-6-2,13(17)18)16(11-7-3,12-8-4)14(19)20;/h5-12H,1-4H3,(H,17,18)(H,19,20);/q;+2/p-2. The topological polar surface area (TPSA) is 80.3 Å². The molecule has 5 heteroatoms. The molecule has 110 valence electrons. The van der Waals surface area contributed by atoms with Crippen LogP contribution in [0.1, 0.15) is 27.7 Å². The monoisotopic (exact) mass is 414 g/mol. The number of hydrogen-bond donors (Lipinski definition) is 0. The first-order chi connectivity index (χ1) is 9.38. The van der Waals surface area contributed by atoms with Crippen molar-refractivity contribution in [3.05, 3.63) is 48.6 Å². The Labute approximate surface area is 166 Å². The van der Waals surface area contributed by atoms with Crippen molar-refractivity contribution in [2.75, 3.05) is 0 Å². The summed E-state index contributed by atoms with van der Waals surface area (Å²) >= 11 is 0. The van der Waals surface area contributed by atoms with Crippen LogP contribution in [0.15, 0.2) is 48.6 Å². The van der Waals surface area contributed by atoms with E-state index in [1.54, 1.807) is 27.7 Å². The van der Waals surface area contributed by atoms with Crippen molar-refractivity contribution in [1.29, 1.82) is 0 Å². The first-order valence-electron chi connectivity index (χ1n) is 6.36. The van der Waals surface area contributed by atoms with Gasteiger partial charge in [0.25, 0.3) is 0 Å². The summed E-state index contributed by atoms with van der Waals surface area (Å²) in [5.74, 6) is -3.01. The number of carbonyl (C=O) groups excluding carboxylic acids is 2. The molecule has 0 aromatic rings. The molecule has 0 radical (unpaired) electrons. The van der Waals surface area contributed by atoms with Gasteiger partial charge in [0.05, 0.1) is 22.8 Å². The van der Waals surface area contributed by atoms with Gasteiger partial charge < -0.3 is 19.8 Å². The van der Waals surface area contributed by atoms with Crippen LogP contribution in [0, 0.1) is 10.8 Å². The van der Waals surface area contributed by atoms with Gasteiger partial charge in [0, 0.05) is 0 Å². The molecule has 0 amide bonds. The van der Waals surface area contributed by atoms with Crippen molar-refractivity contribution in [1.82, 2.24) is 0 Å². The Morgan fingerprint density at radius 1 is 0.667 bits per heavy atom. The van der Waals surface area contributed by atoms with Crippen LogP contribution in [0.3, 0.4) is 0 Å². The normalized spacial score (nSPS) is 17.9. The van der Waals surface area contributed by atoms with Gasteiger partial charge in [-0.3, -0.25) is 0 Å². The SMILES string of the molecule is CC=CC(C=CC)(C(=O)[O-])C(C=CC)(C=CC)C(=O)[O-].[Ba+2]. The van der Waals surface area contributed by atoms with Gasteiger partial charge in [0.2, 0.25) is 0 Å². The van der Waals surface area contributed by atoms with Gasteiger partial charge >= 0.3 is 48.9 Å². The average molecular weight is 414 g/mol. The number of aliphatic carboxylic acids is 2. The van der Waals surface area contributed by atoms with E-state index < -0.39 is 22.8 Å². The fraction of sp³-hybridized carbons (Fsp3) is 0.375. The smallest absolute Gasteiger partial charge is 0.549 e. The zero-order valence-corrected chi connectivity index (χ0v) is 17.4. The molecule has 0 rings (SSSR count). The van der Waals surface area contributed by atoms with E-state index in [4.69, 9.17) is 0 Å². The molecule has 0 spiro atoms. The molecule has 0 aliphatic heterocycles. The van der Waals surface area contributed by atoms with E-state index >= 15 is 0 Å². The first-order valence-corrected chi connectivity index (χ1v) is 6.36. The number of hydrogen-bond acceptors (Lipinski definition) is 4. The van der Waals surface area contributed by atoms with E-state index in [0.717, 1.165) is 0 Å². The molecule has 0 heterocycles. The van der Waals surface area contributed by atoms with Crippen molar-refractivity contribution in [3.63, 3.8) is 0 Å². The fourth-order valence-corrected chi connectivity index (χ4v) is 2.32. The van der Waals surface area contributed by atoms with Gasteiger partial charge in [-0.05, 0) is 27.7 Å². The molecule has 0 unspecified atom stereocenters. The molecule has 0 aromatic carbocycles. The molecule has 0 aliphatic rings. The summed E-state index contributed by atoms with van der Waals surface area (Å²) in [6.07, 6.45) is 11.2. The maximum Gasteiger partial charge on any atom is 2.00 e. The van der Waals surface area contributed by atoms with Gasteiger partial charge in [0.1, 0.15) is 0 Å². The molecular weight excluding hydrogens is 394 g/mol. The second-order valence-corrected chi connectivity index (χ2v) is 4.31. The Bertz CT molecular complexity index is 405. The van der Waals surface area contributed by atoms with Crippen LogP contribution < -0.4 is 10.2 Å². The third kappa shape index (κ3) is 4.47. The van der Waals surface area contributed by atoms with Gasteiger partial charge in [-0.1, -0.05) is 48.6 Å². The predicted molar refractivity (Wildman–Crippen MR) is 79.9 cm³/mol.